The van der Waals surface area contributed by atoms with Crippen molar-refractivity contribution in [3.05, 3.63) is 58.3 Å². The number of hydrogen-bond donors (Lipinski definition) is 0. The van der Waals surface area contributed by atoms with E-state index >= 15 is 0 Å². The van der Waals surface area contributed by atoms with E-state index in [1.54, 1.807) is 23.2 Å². The maximum atomic E-state index is 12.0. The highest BCUT2D eigenvalue weighted by Gasteiger charge is 2.06. The minimum absolute atomic E-state index is 0.0326. The first kappa shape index (κ1) is 13.7. The van der Waals surface area contributed by atoms with E-state index in [1.807, 2.05) is 44.2 Å². The minimum Gasteiger partial charge on any atom is -0.289 e. The summed E-state index contributed by atoms with van der Waals surface area (Å²) in [4.78, 5) is 12.0. The fourth-order valence-electron chi connectivity index (χ4n) is 1.59. The maximum absolute atomic E-state index is 12.0. The standard InChI is InChI=1S/C15H15BrN2O/c1-11(2)18-10-13(9-17-18)15(19)8-5-12-3-6-14(16)7-4-12/h3-11H,1-2H3. The highest BCUT2D eigenvalue weighted by atomic mass is 79.9. The van der Waals surface area contributed by atoms with Crippen LogP contribution in [0.4, 0.5) is 0 Å². The van der Waals surface area contributed by atoms with Gasteiger partial charge in [-0.25, -0.2) is 0 Å². The van der Waals surface area contributed by atoms with Crippen LogP contribution >= 0.6 is 15.9 Å². The quantitative estimate of drug-likeness (QED) is 0.627. The molecule has 98 valence electrons. The minimum atomic E-state index is -0.0326. The van der Waals surface area contributed by atoms with Crippen molar-refractivity contribution in [3.63, 3.8) is 0 Å². The maximum Gasteiger partial charge on any atom is 0.189 e. The molecule has 1 aromatic heterocycles. The van der Waals surface area contributed by atoms with Crippen molar-refractivity contribution in [2.45, 2.75) is 19.9 Å². The Morgan fingerprint density at radius 2 is 2.00 bits per heavy atom. The predicted molar refractivity (Wildman–Crippen MR) is 80.1 cm³/mol. The van der Waals surface area contributed by atoms with Crippen molar-refractivity contribution in [3.8, 4) is 0 Å². The summed E-state index contributed by atoms with van der Waals surface area (Å²) in [5.41, 5.74) is 1.61. The number of hydrogen-bond acceptors (Lipinski definition) is 2. The lowest BCUT2D eigenvalue weighted by molar-refractivity contribution is 0.104. The summed E-state index contributed by atoms with van der Waals surface area (Å²) in [5.74, 6) is -0.0326. The largest absolute Gasteiger partial charge is 0.289 e. The van der Waals surface area contributed by atoms with Gasteiger partial charge in [0.05, 0.1) is 11.8 Å². The Morgan fingerprint density at radius 1 is 1.32 bits per heavy atom. The van der Waals surface area contributed by atoms with Crippen molar-refractivity contribution >= 4 is 27.8 Å². The zero-order valence-corrected chi connectivity index (χ0v) is 12.5. The Morgan fingerprint density at radius 3 is 2.58 bits per heavy atom. The molecule has 2 aromatic rings. The zero-order valence-electron chi connectivity index (χ0n) is 10.9. The molecule has 0 amide bonds. The van der Waals surface area contributed by atoms with Gasteiger partial charge in [-0.1, -0.05) is 34.1 Å². The van der Waals surface area contributed by atoms with Gasteiger partial charge in [-0.2, -0.15) is 5.10 Å². The molecule has 0 unspecified atom stereocenters. The first-order valence-electron chi connectivity index (χ1n) is 6.08. The summed E-state index contributed by atoms with van der Waals surface area (Å²) in [5, 5.41) is 4.16. The van der Waals surface area contributed by atoms with Crippen molar-refractivity contribution < 1.29 is 4.79 Å². The summed E-state index contributed by atoms with van der Waals surface area (Å²) in [6, 6.07) is 8.05. The fraction of sp³-hybridized carbons (Fsp3) is 0.200. The molecule has 0 aliphatic rings. The van der Waals surface area contributed by atoms with Crippen molar-refractivity contribution in [2.24, 2.45) is 0 Å². The van der Waals surface area contributed by atoms with Gasteiger partial charge in [0.2, 0.25) is 0 Å². The molecular formula is C15H15BrN2O. The molecule has 1 heterocycles. The summed E-state index contributed by atoms with van der Waals surface area (Å²) in [6.07, 6.45) is 6.76. The van der Waals surface area contributed by atoms with E-state index < -0.39 is 0 Å². The Kier molecular flexibility index (Phi) is 4.32. The van der Waals surface area contributed by atoms with Crippen molar-refractivity contribution in [1.82, 2.24) is 9.78 Å². The number of ketones is 1. The van der Waals surface area contributed by atoms with Gasteiger partial charge in [0.1, 0.15) is 0 Å². The second-order valence-electron chi connectivity index (χ2n) is 4.55. The lowest BCUT2D eigenvalue weighted by Crippen LogP contribution is -2.00. The zero-order chi connectivity index (χ0) is 13.8. The van der Waals surface area contributed by atoms with Crippen LogP contribution in [0.3, 0.4) is 0 Å². The van der Waals surface area contributed by atoms with E-state index in [2.05, 4.69) is 21.0 Å². The Labute approximate surface area is 121 Å². The topological polar surface area (TPSA) is 34.9 Å². The third-order valence-corrected chi connectivity index (χ3v) is 3.24. The van der Waals surface area contributed by atoms with Gasteiger partial charge in [-0.3, -0.25) is 9.48 Å². The molecular weight excluding hydrogens is 304 g/mol. The molecule has 0 spiro atoms. The third kappa shape index (κ3) is 3.64. The molecule has 19 heavy (non-hydrogen) atoms. The SMILES string of the molecule is CC(C)n1cc(C(=O)C=Cc2ccc(Br)cc2)cn1. The number of nitrogens with zero attached hydrogens (tertiary/aromatic N) is 2. The van der Waals surface area contributed by atoms with Crippen LogP contribution in [0.15, 0.2) is 47.2 Å². The Bertz CT molecular complexity index is 597. The predicted octanol–water partition coefficient (Wildman–Crippen LogP) is 4.12. The molecule has 1 aromatic carbocycles. The second kappa shape index (κ2) is 5.97. The van der Waals surface area contributed by atoms with Crippen LogP contribution in [-0.2, 0) is 0 Å². The van der Waals surface area contributed by atoms with Gasteiger partial charge >= 0.3 is 0 Å². The number of carbonyl (C=O) groups excluding carboxylic acids is 1. The third-order valence-electron chi connectivity index (χ3n) is 2.71. The van der Waals surface area contributed by atoms with Gasteiger partial charge < -0.3 is 0 Å². The van der Waals surface area contributed by atoms with Crippen LogP contribution in [0, 0.1) is 0 Å². The molecule has 0 radical (unpaired) electrons. The summed E-state index contributed by atoms with van der Waals surface area (Å²) in [7, 11) is 0. The second-order valence-corrected chi connectivity index (χ2v) is 5.47. The molecule has 0 atom stereocenters. The van der Waals surface area contributed by atoms with E-state index in [1.165, 1.54) is 0 Å². The molecule has 0 N–H and O–H groups in total. The van der Waals surface area contributed by atoms with Crippen LogP contribution in [0.2, 0.25) is 0 Å². The fourth-order valence-corrected chi connectivity index (χ4v) is 1.85. The van der Waals surface area contributed by atoms with Gasteiger partial charge in [-0.15, -0.1) is 0 Å². The van der Waals surface area contributed by atoms with Gasteiger partial charge in [0.25, 0.3) is 0 Å². The van der Waals surface area contributed by atoms with Crippen LogP contribution in [-0.4, -0.2) is 15.6 Å². The van der Waals surface area contributed by atoms with Crippen LogP contribution in [0.1, 0.15) is 35.8 Å². The van der Waals surface area contributed by atoms with Crippen LogP contribution < -0.4 is 0 Å². The molecule has 0 bridgehead atoms. The Hall–Kier alpha value is -1.68. The van der Waals surface area contributed by atoms with Crippen LogP contribution in [0.25, 0.3) is 6.08 Å². The van der Waals surface area contributed by atoms with Crippen molar-refractivity contribution in [2.75, 3.05) is 0 Å². The molecule has 0 aliphatic carbocycles. The summed E-state index contributed by atoms with van der Waals surface area (Å²) >= 11 is 3.38. The number of allylic oxidation sites excluding steroid dienone is 1. The molecule has 3 nitrogen and oxygen atoms in total. The lowest BCUT2D eigenvalue weighted by atomic mass is 10.1. The normalized spacial score (nSPS) is 11.4. The van der Waals surface area contributed by atoms with E-state index in [0.717, 1.165) is 10.0 Å². The molecule has 4 heteroatoms. The lowest BCUT2D eigenvalue weighted by Gasteiger charge is -2.02. The highest BCUT2D eigenvalue weighted by molar-refractivity contribution is 9.10. The van der Waals surface area contributed by atoms with E-state index in [9.17, 15) is 4.79 Å². The summed E-state index contributed by atoms with van der Waals surface area (Å²) in [6.45, 7) is 4.05. The number of carbonyl (C=O) groups is 1. The van der Waals surface area contributed by atoms with Gasteiger partial charge in [0.15, 0.2) is 5.78 Å². The molecule has 0 saturated carbocycles. The number of rotatable bonds is 4. The number of aromatic nitrogens is 2. The highest BCUT2D eigenvalue weighted by Crippen LogP contribution is 2.12. The van der Waals surface area contributed by atoms with Gasteiger partial charge in [-0.05, 0) is 37.6 Å². The molecule has 2 rings (SSSR count). The van der Waals surface area contributed by atoms with E-state index in [4.69, 9.17) is 0 Å². The first-order valence-corrected chi connectivity index (χ1v) is 6.87. The number of benzene rings is 1. The monoisotopic (exact) mass is 318 g/mol. The van der Waals surface area contributed by atoms with Crippen LogP contribution in [0.5, 0.6) is 0 Å². The van der Waals surface area contributed by atoms with Gasteiger partial charge in [0, 0.05) is 16.7 Å². The first-order chi connectivity index (χ1) is 9.06. The van der Waals surface area contributed by atoms with E-state index in [-0.39, 0.29) is 11.8 Å². The molecule has 0 saturated heterocycles. The molecule has 0 aliphatic heterocycles. The number of halogens is 1. The Balaban J connectivity index is 2.09. The average molecular weight is 319 g/mol. The van der Waals surface area contributed by atoms with Crippen molar-refractivity contribution in [1.29, 1.82) is 0 Å². The molecule has 0 fully saturated rings. The summed E-state index contributed by atoms with van der Waals surface area (Å²) < 4.78 is 2.80. The van der Waals surface area contributed by atoms with E-state index in [0.29, 0.717) is 5.56 Å². The smallest absolute Gasteiger partial charge is 0.189 e. The average Bonchev–Trinajstić information content (AvgIpc) is 2.87.